The molecule has 2 aromatic rings. The number of hydrogen-bond donors (Lipinski definition) is 1. The highest BCUT2D eigenvalue weighted by Gasteiger charge is 2.21. The maximum absolute atomic E-state index is 4.05. The molecule has 0 amide bonds. The number of rotatable bonds is 2. The van der Waals surface area contributed by atoms with Crippen LogP contribution < -0.4 is 10.2 Å². The lowest BCUT2D eigenvalue weighted by Crippen LogP contribution is -2.40. The van der Waals surface area contributed by atoms with Crippen LogP contribution in [0.25, 0.3) is 0 Å². The van der Waals surface area contributed by atoms with Gasteiger partial charge in [0.05, 0.1) is 11.4 Å². The van der Waals surface area contributed by atoms with E-state index in [1.54, 1.807) is 11.3 Å². The quantitative estimate of drug-likeness (QED) is 0.881. The van der Waals surface area contributed by atoms with Gasteiger partial charge in [-0.15, -0.1) is 11.3 Å². The van der Waals surface area contributed by atoms with E-state index in [0.29, 0.717) is 6.04 Å². The van der Waals surface area contributed by atoms with Crippen LogP contribution in [0.1, 0.15) is 5.56 Å². The lowest BCUT2D eigenvalue weighted by Gasteiger charge is -2.33. The van der Waals surface area contributed by atoms with E-state index >= 15 is 0 Å². The summed E-state index contributed by atoms with van der Waals surface area (Å²) < 4.78 is 0. The van der Waals surface area contributed by atoms with Crippen LogP contribution in [0.5, 0.6) is 0 Å². The number of pyridine rings is 1. The first kappa shape index (κ1) is 10.6. The summed E-state index contributed by atoms with van der Waals surface area (Å²) in [7, 11) is 2.16. The van der Waals surface area contributed by atoms with Crippen LogP contribution in [0.2, 0.25) is 0 Å². The standard InChI is InChI=1S/C13H15N3S/c1-16-7-11(6-10-2-4-14-5-3-10)15-12-8-17-9-13(12)16/h2-5,8-9,11,15H,6-7H2,1H3. The molecule has 3 rings (SSSR count). The molecular formula is C13H15N3S. The van der Waals surface area contributed by atoms with Gasteiger partial charge in [-0.05, 0) is 24.1 Å². The van der Waals surface area contributed by atoms with Crippen LogP contribution in [0.3, 0.4) is 0 Å². The molecule has 0 saturated carbocycles. The number of anilines is 2. The summed E-state index contributed by atoms with van der Waals surface area (Å²) in [6.07, 6.45) is 4.76. The molecule has 1 aliphatic heterocycles. The van der Waals surface area contributed by atoms with E-state index in [0.717, 1.165) is 13.0 Å². The minimum Gasteiger partial charge on any atom is -0.378 e. The van der Waals surface area contributed by atoms with Gasteiger partial charge in [-0.3, -0.25) is 4.98 Å². The molecular weight excluding hydrogens is 230 g/mol. The molecule has 1 unspecified atom stereocenters. The average Bonchev–Trinajstić information content (AvgIpc) is 2.79. The van der Waals surface area contributed by atoms with Crippen molar-refractivity contribution in [3.8, 4) is 0 Å². The normalized spacial score (nSPS) is 18.6. The van der Waals surface area contributed by atoms with Crippen molar-refractivity contribution in [1.82, 2.24) is 4.98 Å². The Balaban J connectivity index is 1.76. The highest BCUT2D eigenvalue weighted by molar-refractivity contribution is 7.09. The Kier molecular flexibility index (Phi) is 2.73. The second-order valence-corrected chi connectivity index (χ2v) is 5.20. The molecule has 0 aromatic carbocycles. The van der Waals surface area contributed by atoms with Crippen molar-refractivity contribution < 1.29 is 0 Å². The summed E-state index contributed by atoms with van der Waals surface area (Å²) in [5, 5.41) is 7.99. The zero-order chi connectivity index (χ0) is 11.7. The van der Waals surface area contributed by atoms with Crippen LogP contribution in [0, 0.1) is 0 Å². The van der Waals surface area contributed by atoms with E-state index in [1.165, 1.54) is 16.9 Å². The molecule has 0 saturated heterocycles. The van der Waals surface area contributed by atoms with Crippen molar-refractivity contribution in [1.29, 1.82) is 0 Å². The van der Waals surface area contributed by atoms with Crippen LogP contribution >= 0.6 is 11.3 Å². The average molecular weight is 245 g/mol. The Morgan fingerprint density at radius 1 is 1.41 bits per heavy atom. The first-order chi connectivity index (χ1) is 8.33. The van der Waals surface area contributed by atoms with Gasteiger partial charge in [0.2, 0.25) is 0 Å². The van der Waals surface area contributed by atoms with E-state index in [9.17, 15) is 0 Å². The van der Waals surface area contributed by atoms with Gasteiger partial charge < -0.3 is 10.2 Å². The van der Waals surface area contributed by atoms with Gasteiger partial charge in [0.15, 0.2) is 0 Å². The summed E-state index contributed by atoms with van der Waals surface area (Å²) in [6, 6.07) is 4.65. The summed E-state index contributed by atoms with van der Waals surface area (Å²) in [6.45, 7) is 1.05. The van der Waals surface area contributed by atoms with E-state index in [2.05, 4.69) is 45.1 Å². The van der Waals surface area contributed by atoms with Gasteiger partial charge in [-0.2, -0.15) is 0 Å². The number of aromatic nitrogens is 1. The van der Waals surface area contributed by atoms with Crippen molar-refractivity contribution in [2.75, 3.05) is 23.8 Å². The second kappa shape index (κ2) is 4.37. The van der Waals surface area contributed by atoms with Crippen LogP contribution in [-0.4, -0.2) is 24.6 Å². The molecule has 0 spiro atoms. The predicted molar refractivity (Wildman–Crippen MR) is 72.9 cm³/mol. The van der Waals surface area contributed by atoms with E-state index < -0.39 is 0 Å². The van der Waals surface area contributed by atoms with Crippen molar-refractivity contribution >= 4 is 22.7 Å². The molecule has 0 radical (unpaired) electrons. The molecule has 3 heterocycles. The Hall–Kier alpha value is -1.55. The predicted octanol–water partition coefficient (Wildman–Crippen LogP) is 2.62. The van der Waals surface area contributed by atoms with Gasteiger partial charge in [-0.1, -0.05) is 0 Å². The van der Waals surface area contributed by atoms with E-state index in [-0.39, 0.29) is 0 Å². The fourth-order valence-electron chi connectivity index (χ4n) is 2.31. The number of nitrogens with zero attached hydrogens (tertiary/aromatic N) is 2. The van der Waals surface area contributed by atoms with Gasteiger partial charge in [-0.25, -0.2) is 0 Å². The summed E-state index contributed by atoms with van der Waals surface area (Å²) in [4.78, 5) is 6.38. The fraction of sp³-hybridized carbons (Fsp3) is 0.308. The highest BCUT2D eigenvalue weighted by atomic mass is 32.1. The zero-order valence-electron chi connectivity index (χ0n) is 9.76. The maximum atomic E-state index is 4.05. The Morgan fingerprint density at radius 3 is 3.06 bits per heavy atom. The fourth-order valence-corrected chi connectivity index (χ4v) is 3.14. The maximum Gasteiger partial charge on any atom is 0.0709 e. The highest BCUT2D eigenvalue weighted by Crippen LogP contribution is 2.33. The van der Waals surface area contributed by atoms with E-state index in [4.69, 9.17) is 0 Å². The smallest absolute Gasteiger partial charge is 0.0709 e. The third kappa shape index (κ3) is 2.13. The SMILES string of the molecule is CN1CC(Cc2ccncc2)Nc2cscc21. The molecule has 1 N–H and O–H groups in total. The molecule has 0 bridgehead atoms. The molecule has 88 valence electrons. The summed E-state index contributed by atoms with van der Waals surface area (Å²) in [5.74, 6) is 0. The topological polar surface area (TPSA) is 28.2 Å². The number of hydrogen-bond acceptors (Lipinski definition) is 4. The number of fused-ring (bicyclic) bond motifs is 1. The molecule has 3 nitrogen and oxygen atoms in total. The molecule has 0 fully saturated rings. The minimum absolute atomic E-state index is 0.476. The zero-order valence-corrected chi connectivity index (χ0v) is 10.6. The molecule has 0 aliphatic carbocycles. The van der Waals surface area contributed by atoms with Crippen molar-refractivity contribution in [2.45, 2.75) is 12.5 Å². The number of likely N-dealkylation sites (N-methyl/N-ethyl adjacent to an activating group) is 1. The van der Waals surface area contributed by atoms with Gasteiger partial charge in [0.25, 0.3) is 0 Å². The monoisotopic (exact) mass is 245 g/mol. The first-order valence-corrected chi connectivity index (χ1v) is 6.70. The number of thiophene rings is 1. The lowest BCUT2D eigenvalue weighted by atomic mass is 10.0. The Labute approximate surface area is 105 Å². The summed E-state index contributed by atoms with van der Waals surface area (Å²) in [5.41, 5.74) is 3.92. The molecule has 4 heteroatoms. The number of nitrogens with one attached hydrogen (secondary N) is 1. The van der Waals surface area contributed by atoms with Crippen LogP contribution in [-0.2, 0) is 6.42 Å². The Bertz CT molecular complexity index is 494. The molecule has 1 atom stereocenters. The molecule has 17 heavy (non-hydrogen) atoms. The Morgan fingerprint density at radius 2 is 2.24 bits per heavy atom. The van der Waals surface area contributed by atoms with Crippen molar-refractivity contribution in [2.24, 2.45) is 0 Å². The molecule has 2 aromatic heterocycles. The summed E-state index contributed by atoms with van der Waals surface area (Å²) >= 11 is 1.75. The third-order valence-electron chi connectivity index (χ3n) is 3.14. The van der Waals surface area contributed by atoms with Crippen LogP contribution in [0.15, 0.2) is 35.3 Å². The van der Waals surface area contributed by atoms with Gasteiger partial charge >= 0.3 is 0 Å². The van der Waals surface area contributed by atoms with E-state index in [1.807, 2.05) is 12.4 Å². The second-order valence-electron chi connectivity index (χ2n) is 4.45. The van der Waals surface area contributed by atoms with Crippen LogP contribution in [0.4, 0.5) is 11.4 Å². The van der Waals surface area contributed by atoms with Gasteiger partial charge in [0, 0.05) is 42.8 Å². The molecule has 1 aliphatic rings. The largest absolute Gasteiger partial charge is 0.378 e. The first-order valence-electron chi connectivity index (χ1n) is 5.75. The van der Waals surface area contributed by atoms with Crippen molar-refractivity contribution in [3.05, 3.63) is 40.8 Å². The minimum atomic E-state index is 0.476. The van der Waals surface area contributed by atoms with Gasteiger partial charge in [0.1, 0.15) is 0 Å². The third-order valence-corrected chi connectivity index (χ3v) is 3.87. The van der Waals surface area contributed by atoms with Crippen molar-refractivity contribution in [3.63, 3.8) is 0 Å². The lowest BCUT2D eigenvalue weighted by molar-refractivity contribution is 0.679.